The zero-order valence-electron chi connectivity index (χ0n) is 8.06. The third-order valence-corrected chi connectivity index (χ3v) is 2.69. The van der Waals surface area contributed by atoms with Gasteiger partial charge in [-0.1, -0.05) is 0 Å². The van der Waals surface area contributed by atoms with E-state index in [9.17, 15) is 8.78 Å². The Morgan fingerprint density at radius 2 is 2.07 bits per heavy atom. The van der Waals surface area contributed by atoms with Crippen molar-refractivity contribution in [3.05, 3.63) is 41.3 Å². The molecule has 15 heavy (non-hydrogen) atoms. The van der Waals surface area contributed by atoms with Crippen LogP contribution in [-0.2, 0) is 0 Å². The smallest absolute Gasteiger partial charge is 0.305 e. The fourth-order valence-electron chi connectivity index (χ4n) is 1.62. The molecule has 0 amide bonds. The molecule has 0 aromatic heterocycles. The van der Waals surface area contributed by atoms with Gasteiger partial charge in [-0.05, 0) is 18.6 Å². The van der Waals surface area contributed by atoms with Crippen LogP contribution in [-0.4, -0.2) is 5.66 Å². The lowest BCUT2D eigenvalue weighted by molar-refractivity contribution is 0.342. The summed E-state index contributed by atoms with van der Waals surface area (Å²) in [5.74, 6) is -1.26. The second-order valence-electron chi connectivity index (χ2n) is 3.75. The van der Waals surface area contributed by atoms with Crippen LogP contribution in [0.2, 0.25) is 0 Å². The molecule has 1 saturated carbocycles. The Hall–Kier alpha value is -1.63. The largest absolute Gasteiger partial charge is 0.312 e. The molecule has 1 N–H and O–H groups in total. The van der Waals surface area contributed by atoms with Gasteiger partial charge in [-0.25, -0.2) is 15.4 Å². The average Bonchev–Trinajstić information content (AvgIpc) is 2.14. The summed E-state index contributed by atoms with van der Waals surface area (Å²) in [5.41, 5.74) is -0.467. The number of hydrogen-bond donors (Lipinski definition) is 1. The highest BCUT2D eigenvalue weighted by Gasteiger charge is 2.44. The number of halogens is 2. The summed E-state index contributed by atoms with van der Waals surface area (Å²) in [6, 6.07) is 3.33. The van der Waals surface area contributed by atoms with Gasteiger partial charge in [-0.2, -0.15) is 0 Å². The van der Waals surface area contributed by atoms with Gasteiger partial charge in [0, 0.05) is 18.9 Å². The summed E-state index contributed by atoms with van der Waals surface area (Å²) in [7, 11) is 0. The second-order valence-corrected chi connectivity index (χ2v) is 3.75. The number of rotatable bonds is 2. The van der Waals surface area contributed by atoms with Crippen molar-refractivity contribution in [2.24, 2.45) is 0 Å². The van der Waals surface area contributed by atoms with Crippen LogP contribution >= 0.6 is 0 Å². The van der Waals surface area contributed by atoms with Crippen molar-refractivity contribution in [2.75, 3.05) is 5.32 Å². The Morgan fingerprint density at radius 1 is 1.33 bits per heavy atom. The van der Waals surface area contributed by atoms with E-state index < -0.39 is 17.3 Å². The molecule has 0 saturated heterocycles. The molecule has 0 unspecified atom stereocenters. The Labute approximate surface area is 86.7 Å². The summed E-state index contributed by atoms with van der Waals surface area (Å²) < 4.78 is 25.9. The maximum Gasteiger partial charge on any atom is 0.305 e. The molecule has 1 aromatic carbocycles. The van der Waals surface area contributed by atoms with Gasteiger partial charge in [0.15, 0.2) is 0 Å². The average molecular weight is 208 g/mol. The van der Waals surface area contributed by atoms with Crippen molar-refractivity contribution in [1.82, 2.24) is 0 Å². The van der Waals surface area contributed by atoms with Gasteiger partial charge in [-0.15, -0.1) is 0 Å². The summed E-state index contributed by atoms with van der Waals surface area (Å²) in [6.45, 7) is 7.04. The third kappa shape index (κ3) is 1.78. The van der Waals surface area contributed by atoms with Crippen LogP contribution in [0, 0.1) is 18.2 Å². The highest BCUT2D eigenvalue weighted by molar-refractivity contribution is 5.48. The van der Waals surface area contributed by atoms with Crippen LogP contribution in [0.4, 0.5) is 14.5 Å². The van der Waals surface area contributed by atoms with Crippen molar-refractivity contribution in [2.45, 2.75) is 24.9 Å². The molecule has 1 fully saturated rings. The lowest BCUT2D eigenvalue weighted by Gasteiger charge is -2.31. The molecule has 0 bridgehead atoms. The zero-order valence-corrected chi connectivity index (χ0v) is 8.06. The molecule has 0 atom stereocenters. The van der Waals surface area contributed by atoms with Crippen LogP contribution < -0.4 is 5.32 Å². The van der Waals surface area contributed by atoms with E-state index in [4.69, 9.17) is 6.57 Å². The predicted molar refractivity (Wildman–Crippen MR) is 53.2 cm³/mol. The fraction of sp³-hybridized carbons (Fsp3) is 0.364. The van der Waals surface area contributed by atoms with Gasteiger partial charge in [0.05, 0.1) is 5.69 Å². The minimum atomic E-state index is -0.668. The highest BCUT2D eigenvalue weighted by Crippen LogP contribution is 2.37. The second kappa shape index (κ2) is 3.50. The molecular formula is C11H10F2N2. The Balaban J connectivity index is 2.21. The monoisotopic (exact) mass is 208 g/mol. The molecule has 1 aromatic rings. The quantitative estimate of drug-likeness (QED) is 0.738. The zero-order chi connectivity index (χ0) is 10.9. The minimum Gasteiger partial charge on any atom is -0.312 e. The van der Waals surface area contributed by atoms with Crippen molar-refractivity contribution < 1.29 is 8.78 Å². The highest BCUT2D eigenvalue weighted by atomic mass is 19.1. The fourth-order valence-corrected chi connectivity index (χ4v) is 1.62. The first-order valence-electron chi connectivity index (χ1n) is 4.77. The lowest BCUT2D eigenvalue weighted by Crippen LogP contribution is -2.41. The molecule has 1 aliphatic rings. The summed E-state index contributed by atoms with van der Waals surface area (Å²) in [4.78, 5) is 3.46. The predicted octanol–water partition coefficient (Wildman–Crippen LogP) is 3.18. The number of benzene rings is 1. The molecule has 0 radical (unpaired) electrons. The minimum absolute atomic E-state index is 0.201. The van der Waals surface area contributed by atoms with E-state index in [-0.39, 0.29) is 5.69 Å². The van der Waals surface area contributed by atoms with E-state index in [1.165, 1.54) is 12.1 Å². The number of anilines is 1. The first-order chi connectivity index (χ1) is 7.15. The first kappa shape index (κ1) is 9.91. The Kier molecular flexibility index (Phi) is 2.31. The van der Waals surface area contributed by atoms with E-state index in [0.717, 1.165) is 12.5 Å². The van der Waals surface area contributed by atoms with Crippen molar-refractivity contribution in [1.29, 1.82) is 0 Å². The third-order valence-electron chi connectivity index (χ3n) is 2.69. The van der Waals surface area contributed by atoms with Crippen LogP contribution in [0.25, 0.3) is 4.85 Å². The van der Waals surface area contributed by atoms with E-state index in [1.54, 1.807) is 0 Å². The van der Waals surface area contributed by atoms with Gasteiger partial charge >= 0.3 is 5.66 Å². The maximum absolute atomic E-state index is 13.3. The normalized spacial score (nSPS) is 17.7. The van der Waals surface area contributed by atoms with Crippen LogP contribution in [0.1, 0.15) is 19.3 Å². The topological polar surface area (TPSA) is 16.4 Å². The molecule has 4 heteroatoms. The van der Waals surface area contributed by atoms with Crippen LogP contribution in [0.15, 0.2) is 18.2 Å². The van der Waals surface area contributed by atoms with E-state index in [0.29, 0.717) is 12.8 Å². The molecule has 0 spiro atoms. The standard InChI is InChI=1S/C11H10F2N2/c1-14-11(5-2-6-11)15-10-4-3-8(12)7-9(10)13/h3-4,7,15H,2,5-6H2. The van der Waals surface area contributed by atoms with Gasteiger partial charge in [0.2, 0.25) is 0 Å². The van der Waals surface area contributed by atoms with Crippen molar-refractivity contribution in [3.63, 3.8) is 0 Å². The molecular weight excluding hydrogens is 198 g/mol. The van der Waals surface area contributed by atoms with Gasteiger partial charge in [0.1, 0.15) is 11.6 Å². The molecule has 78 valence electrons. The van der Waals surface area contributed by atoms with Crippen LogP contribution in [0.5, 0.6) is 0 Å². The molecule has 0 aliphatic heterocycles. The summed E-state index contributed by atoms with van der Waals surface area (Å²) in [5, 5.41) is 2.84. The number of nitrogens with one attached hydrogen (secondary N) is 1. The van der Waals surface area contributed by atoms with E-state index >= 15 is 0 Å². The Morgan fingerprint density at radius 3 is 2.53 bits per heavy atom. The number of nitrogens with zero attached hydrogens (tertiary/aromatic N) is 1. The molecule has 0 heterocycles. The molecule has 1 aliphatic carbocycles. The van der Waals surface area contributed by atoms with Crippen molar-refractivity contribution >= 4 is 5.69 Å². The SMILES string of the molecule is [C-]#[N+]C1(Nc2ccc(F)cc2F)CCC1. The summed E-state index contributed by atoms with van der Waals surface area (Å²) in [6.07, 6.45) is 2.40. The first-order valence-corrected chi connectivity index (χ1v) is 4.77. The van der Waals surface area contributed by atoms with Gasteiger partial charge < -0.3 is 5.32 Å². The molecule has 2 nitrogen and oxygen atoms in total. The van der Waals surface area contributed by atoms with E-state index in [1.807, 2.05) is 0 Å². The van der Waals surface area contributed by atoms with Crippen molar-refractivity contribution in [3.8, 4) is 0 Å². The van der Waals surface area contributed by atoms with Gasteiger partial charge in [0.25, 0.3) is 0 Å². The maximum atomic E-state index is 13.3. The van der Waals surface area contributed by atoms with E-state index in [2.05, 4.69) is 10.2 Å². The van der Waals surface area contributed by atoms with Gasteiger partial charge in [-0.3, -0.25) is 4.85 Å². The lowest BCUT2D eigenvalue weighted by atomic mass is 9.85. The molecule has 2 rings (SSSR count). The number of hydrogen-bond acceptors (Lipinski definition) is 1. The Bertz CT molecular complexity index is 419. The van der Waals surface area contributed by atoms with Crippen LogP contribution in [0.3, 0.4) is 0 Å². The summed E-state index contributed by atoms with van der Waals surface area (Å²) >= 11 is 0.